The van der Waals surface area contributed by atoms with Crippen LogP contribution in [0.4, 0.5) is 0 Å². The fraction of sp³-hybridized carbons (Fsp3) is 0.321. The van der Waals surface area contributed by atoms with Gasteiger partial charge in [0.25, 0.3) is 0 Å². The maximum Gasteiger partial charge on any atom is 0.305 e. The number of hydrogen-bond donors (Lipinski definition) is 1. The van der Waals surface area contributed by atoms with Crippen LogP contribution >= 0.6 is 11.8 Å². The van der Waals surface area contributed by atoms with E-state index in [0.29, 0.717) is 19.4 Å². The van der Waals surface area contributed by atoms with E-state index in [2.05, 4.69) is 151 Å². The molecule has 0 saturated heterocycles. The van der Waals surface area contributed by atoms with Crippen LogP contribution in [-0.2, 0) is 25.5 Å². The monoisotopic (exact) mass is 787 g/mol. The van der Waals surface area contributed by atoms with E-state index in [0.717, 1.165) is 50.8 Å². The average molecular weight is 788 g/mol. The second kappa shape index (κ2) is 21.0. The van der Waals surface area contributed by atoms with Crippen LogP contribution in [0.5, 0.6) is 0 Å². The van der Waals surface area contributed by atoms with Crippen molar-refractivity contribution in [3.8, 4) is 0 Å². The summed E-state index contributed by atoms with van der Waals surface area (Å²) in [5, 5.41) is 11.0. The maximum absolute atomic E-state index is 12.9. The van der Waals surface area contributed by atoms with E-state index >= 15 is 0 Å². The van der Waals surface area contributed by atoms with E-state index in [-0.39, 0.29) is 11.9 Å². The number of nitrogens with one attached hydrogen (secondary N) is 1. The van der Waals surface area contributed by atoms with Crippen LogP contribution in [0.3, 0.4) is 0 Å². The van der Waals surface area contributed by atoms with E-state index in [9.17, 15) is 9.59 Å². The molecular weight excluding hydrogens is 731 g/mol. The molecule has 0 aliphatic carbocycles. The molecule has 0 saturated carbocycles. The van der Waals surface area contributed by atoms with Gasteiger partial charge in [-0.3, -0.25) is 9.59 Å². The van der Waals surface area contributed by atoms with Gasteiger partial charge in [0.2, 0.25) is 5.91 Å². The zero-order valence-corrected chi connectivity index (χ0v) is 34.6. The molecule has 1 N–H and O–H groups in total. The molecule has 0 fully saturated rings. The molecular formula is C53H57NO3S. The first-order valence-corrected chi connectivity index (χ1v) is 22.5. The highest BCUT2D eigenvalue weighted by Crippen LogP contribution is 2.48. The molecule has 0 aliphatic rings. The molecule has 0 bridgehead atoms. The van der Waals surface area contributed by atoms with Crippen molar-refractivity contribution in [2.24, 2.45) is 0 Å². The summed E-state index contributed by atoms with van der Waals surface area (Å²) in [5.74, 6) is 0.766. The molecule has 0 aliphatic heterocycles. The highest BCUT2D eigenvalue weighted by atomic mass is 32.2. The Morgan fingerprint density at radius 3 is 1.62 bits per heavy atom. The fourth-order valence-corrected chi connectivity index (χ4v) is 10.0. The van der Waals surface area contributed by atoms with Crippen LogP contribution in [0.1, 0.15) is 99.3 Å². The molecule has 0 atom stereocenters. The number of thioether (sulfide) groups is 1. The molecule has 0 radical (unpaired) electrons. The Balaban J connectivity index is 0.715. The minimum Gasteiger partial charge on any atom is -0.466 e. The zero-order chi connectivity index (χ0) is 39.8. The molecule has 0 heterocycles. The Morgan fingerprint density at radius 1 is 0.500 bits per heavy atom. The van der Waals surface area contributed by atoms with Crippen LogP contribution < -0.4 is 5.32 Å². The number of ether oxygens (including phenoxy) is 1. The predicted molar refractivity (Wildman–Crippen MR) is 245 cm³/mol. The van der Waals surface area contributed by atoms with Crippen molar-refractivity contribution in [3.63, 3.8) is 0 Å². The first-order chi connectivity index (χ1) is 28.6. The second-order valence-electron chi connectivity index (χ2n) is 15.6. The first kappa shape index (κ1) is 41.0. The third-order valence-corrected chi connectivity index (χ3v) is 13.1. The van der Waals surface area contributed by atoms with Crippen molar-refractivity contribution in [2.75, 3.05) is 18.9 Å². The standard InChI is InChI=1S/C53H57NO3S/c55-49(37-40-58-53(45-24-11-8-12-25-45,46-26-13-9-14-27-46)47-28-15-10-16-29-47)54-38-17-6-4-2-1-3-5-7-18-39-57-50(56)30-20-21-41-31-32-44-34-33-42-22-19-23-43-35-36-48(41)52(44)51(42)43/h8-16,19,22-29,31-36H,1-7,17-18,20-21,30,37-40H2,(H,54,55). The van der Waals surface area contributed by atoms with Crippen molar-refractivity contribution < 1.29 is 14.3 Å². The van der Waals surface area contributed by atoms with E-state index in [1.165, 1.54) is 86.7 Å². The maximum atomic E-state index is 12.9. The summed E-state index contributed by atoms with van der Waals surface area (Å²) < 4.78 is 5.18. The van der Waals surface area contributed by atoms with E-state index in [1.54, 1.807) is 0 Å². The van der Waals surface area contributed by atoms with E-state index in [1.807, 2.05) is 11.8 Å². The summed E-state index contributed by atoms with van der Waals surface area (Å²) in [7, 11) is 0. The smallest absolute Gasteiger partial charge is 0.305 e. The fourth-order valence-electron chi connectivity index (χ4n) is 8.54. The third kappa shape index (κ3) is 10.3. The van der Waals surface area contributed by atoms with Gasteiger partial charge >= 0.3 is 5.97 Å². The number of esters is 1. The van der Waals surface area contributed by atoms with Crippen molar-refractivity contribution in [3.05, 3.63) is 168 Å². The summed E-state index contributed by atoms with van der Waals surface area (Å²) in [6.45, 7) is 1.26. The number of amides is 1. The summed E-state index contributed by atoms with van der Waals surface area (Å²) in [6.07, 6.45) is 12.9. The number of unbranched alkanes of at least 4 members (excludes halogenated alkanes) is 8. The van der Waals surface area contributed by atoms with Gasteiger partial charge in [0.05, 0.1) is 11.4 Å². The predicted octanol–water partition coefficient (Wildman–Crippen LogP) is 13.2. The SMILES string of the molecule is O=C(CCSC(c1ccccc1)(c1ccccc1)c1ccccc1)NCCCCCCCCCCCOC(=O)CCCc1ccc2ccc3cccc4ccc1c2c34. The van der Waals surface area contributed by atoms with Gasteiger partial charge in [-0.25, -0.2) is 0 Å². The van der Waals surface area contributed by atoms with Gasteiger partial charge in [0.15, 0.2) is 0 Å². The molecule has 4 nitrogen and oxygen atoms in total. The van der Waals surface area contributed by atoms with Gasteiger partial charge in [-0.2, -0.15) is 0 Å². The molecule has 298 valence electrons. The van der Waals surface area contributed by atoms with Crippen LogP contribution in [0.2, 0.25) is 0 Å². The number of hydrogen-bond acceptors (Lipinski definition) is 4. The Labute approximate surface area is 349 Å². The number of carbonyl (C=O) groups is 2. The topological polar surface area (TPSA) is 55.4 Å². The molecule has 0 aromatic heterocycles. The third-order valence-electron chi connectivity index (χ3n) is 11.5. The highest BCUT2D eigenvalue weighted by molar-refractivity contribution is 8.00. The Hall–Kier alpha value is -5.13. The van der Waals surface area contributed by atoms with Crippen molar-refractivity contribution >= 4 is 56.0 Å². The van der Waals surface area contributed by atoms with Crippen molar-refractivity contribution in [2.45, 2.75) is 88.2 Å². The number of carbonyl (C=O) groups excluding carboxylic acids is 2. The molecule has 7 aromatic carbocycles. The molecule has 7 aromatic rings. The zero-order valence-electron chi connectivity index (χ0n) is 33.8. The summed E-state index contributed by atoms with van der Waals surface area (Å²) in [5.41, 5.74) is 4.97. The van der Waals surface area contributed by atoms with Gasteiger partial charge < -0.3 is 10.1 Å². The lowest BCUT2D eigenvalue weighted by Gasteiger charge is -2.35. The lowest BCUT2D eigenvalue weighted by Crippen LogP contribution is -2.28. The lowest BCUT2D eigenvalue weighted by atomic mass is 9.84. The second-order valence-corrected chi connectivity index (χ2v) is 16.9. The van der Waals surface area contributed by atoms with E-state index in [4.69, 9.17) is 4.74 Å². The van der Waals surface area contributed by atoms with Gasteiger partial charge in [-0.05, 0) is 80.3 Å². The van der Waals surface area contributed by atoms with Gasteiger partial charge in [-0.1, -0.05) is 191 Å². The van der Waals surface area contributed by atoms with Gasteiger partial charge in [0, 0.05) is 25.1 Å². The summed E-state index contributed by atoms with van der Waals surface area (Å²) in [4.78, 5) is 25.4. The number of aryl methyl sites for hydroxylation is 1. The molecule has 0 unspecified atom stereocenters. The van der Waals surface area contributed by atoms with Crippen molar-refractivity contribution in [1.29, 1.82) is 0 Å². The first-order valence-electron chi connectivity index (χ1n) is 21.5. The normalized spacial score (nSPS) is 11.7. The molecule has 0 spiro atoms. The van der Waals surface area contributed by atoms with Crippen LogP contribution in [0, 0.1) is 0 Å². The van der Waals surface area contributed by atoms with Gasteiger partial charge in [0.1, 0.15) is 0 Å². The molecule has 1 amide bonds. The minimum absolute atomic E-state index is 0.0796. The molecule has 58 heavy (non-hydrogen) atoms. The van der Waals surface area contributed by atoms with Crippen molar-refractivity contribution in [1.82, 2.24) is 5.32 Å². The average Bonchev–Trinajstić information content (AvgIpc) is 3.27. The largest absolute Gasteiger partial charge is 0.466 e. The summed E-state index contributed by atoms with van der Waals surface area (Å²) in [6, 6.07) is 51.8. The van der Waals surface area contributed by atoms with Gasteiger partial charge in [-0.15, -0.1) is 11.8 Å². The Bertz CT molecular complexity index is 2210. The summed E-state index contributed by atoms with van der Waals surface area (Å²) >= 11 is 1.84. The minimum atomic E-state index is -0.397. The lowest BCUT2D eigenvalue weighted by molar-refractivity contribution is -0.143. The van der Waals surface area contributed by atoms with Crippen LogP contribution in [0.25, 0.3) is 32.3 Å². The molecule has 7 rings (SSSR count). The highest BCUT2D eigenvalue weighted by Gasteiger charge is 2.36. The quantitative estimate of drug-likeness (QED) is 0.0304. The molecule has 5 heteroatoms. The Morgan fingerprint density at radius 2 is 1.02 bits per heavy atom. The number of benzene rings is 7. The van der Waals surface area contributed by atoms with E-state index < -0.39 is 4.75 Å². The number of rotatable bonds is 23. The van der Waals surface area contributed by atoms with Crippen LogP contribution in [-0.4, -0.2) is 30.8 Å². The Kier molecular flexibility index (Phi) is 14.9. The van der Waals surface area contributed by atoms with Crippen LogP contribution in [0.15, 0.2) is 146 Å².